The third-order valence-electron chi connectivity index (χ3n) is 4.23. The highest BCUT2D eigenvalue weighted by Crippen LogP contribution is 2.23. The normalized spacial score (nSPS) is 9.90. The number of nitrogens with one attached hydrogen (secondary N) is 2. The third kappa shape index (κ3) is 6.27. The van der Waals surface area contributed by atoms with Gasteiger partial charge in [-0.05, 0) is 35.9 Å². The average molecular weight is 423 g/mol. The molecule has 0 saturated heterocycles. The molecular formula is C23H26FN5O2. The number of hydrogen-bond acceptors (Lipinski definition) is 6. The second-order valence-corrected chi connectivity index (χ2v) is 6.47. The predicted molar refractivity (Wildman–Crippen MR) is 121 cm³/mol. The van der Waals surface area contributed by atoms with E-state index in [0.717, 1.165) is 11.8 Å². The zero-order valence-corrected chi connectivity index (χ0v) is 16.7. The van der Waals surface area contributed by atoms with Gasteiger partial charge < -0.3 is 20.3 Å². The van der Waals surface area contributed by atoms with Crippen molar-refractivity contribution >= 4 is 29.0 Å². The fraction of sp³-hybridized carbons (Fsp3) is 0.174. The second kappa shape index (κ2) is 10.7. The summed E-state index contributed by atoms with van der Waals surface area (Å²) in [6, 6.07) is 14.6. The van der Waals surface area contributed by atoms with Gasteiger partial charge in [-0.3, -0.25) is 4.79 Å². The minimum Gasteiger partial charge on any atom is -0.497 e. The fourth-order valence-electron chi connectivity index (χ4n) is 2.74. The number of rotatable bonds is 8. The number of hydrogen-bond donors (Lipinski definition) is 2. The first-order valence-electron chi connectivity index (χ1n) is 9.15. The SMILES string of the molecule is C.C=CC(=O)N(C)Cc1cccc(Nc2nc(Nc3cccc(OC)c3)ncc2F)c1. The Morgan fingerprint density at radius 1 is 1.19 bits per heavy atom. The fourth-order valence-corrected chi connectivity index (χ4v) is 2.74. The molecule has 3 aromatic rings. The molecule has 31 heavy (non-hydrogen) atoms. The quantitative estimate of drug-likeness (QED) is 0.502. The summed E-state index contributed by atoms with van der Waals surface area (Å²) in [6.45, 7) is 3.88. The van der Waals surface area contributed by atoms with E-state index in [1.54, 1.807) is 26.3 Å². The third-order valence-corrected chi connectivity index (χ3v) is 4.23. The van der Waals surface area contributed by atoms with E-state index in [1.807, 2.05) is 36.4 Å². The smallest absolute Gasteiger partial charge is 0.245 e. The highest BCUT2D eigenvalue weighted by molar-refractivity contribution is 5.86. The molecule has 0 radical (unpaired) electrons. The van der Waals surface area contributed by atoms with E-state index in [4.69, 9.17) is 4.74 Å². The molecule has 0 atom stereocenters. The maximum absolute atomic E-state index is 14.3. The molecule has 0 aliphatic rings. The van der Waals surface area contributed by atoms with Crippen molar-refractivity contribution in [1.82, 2.24) is 14.9 Å². The number of carbonyl (C=O) groups excluding carboxylic acids is 1. The summed E-state index contributed by atoms with van der Waals surface area (Å²) < 4.78 is 19.5. The minimum absolute atomic E-state index is 0. The Labute approximate surface area is 181 Å². The number of halogens is 1. The van der Waals surface area contributed by atoms with Gasteiger partial charge in [-0.15, -0.1) is 0 Å². The molecule has 0 fully saturated rings. The second-order valence-electron chi connectivity index (χ2n) is 6.47. The molecule has 0 bridgehead atoms. The van der Waals surface area contributed by atoms with Crippen LogP contribution < -0.4 is 15.4 Å². The summed E-state index contributed by atoms with van der Waals surface area (Å²) in [5.74, 6) is 0.180. The molecular weight excluding hydrogens is 397 g/mol. The van der Waals surface area contributed by atoms with E-state index in [1.165, 1.54) is 11.0 Å². The number of benzene rings is 2. The molecule has 162 valence electrons. The van der Waals surface area contributed by atoms with Crippen LogP contribution in [-0.2, 0) is 11.3 Å². The Kier molecular flexibility index (Phi) is 8.08. The molecule has 1 aromatic heterocycles. The largest absolute Gasteiger partial charge is 0.497 e. The van der Waals surface area contributed by atoms with Crippen LogP contribution in [-0.4, -0.2) is 34.9 Å². The van der Waals surface area contributed by atoms with Crippen LogP contribution in [0.5, 0.6) is 5.75 Å². The Balaban J connectivity index is 0.00000341. The van der Waals surface area contributed by atoms with Crippen LogP contribution in [0.4, 0.5) is 27.5 Å². The van der Waals surface area contributed by atoms with Crippen LogP contribution >= 0.6 is 0 Å². The van der Waals surface area contributed by atoms with Crippen LogP contribution in [0.25, 0.3) is 0 Å². The van der Waals surface area contributed by atoms with Gasteiger partial charge in [-0.1, -0.05) is 32.2 Å². The number of methoxy groups -OCH3 is 1. The van der Waals surface area contributed by atoms with Crippen molar-refractivity contribution in [3.05, 3.63) is 78.8 Å². The number of nitrogens with zero attached hydrogens (tertiary/aromatic N) is 3. The summed E-state index contributed by atoms with van der Waals surface area (Å²) in [5, 5.41) is 5.99. The zero-order valence-electron chi connectivity index (χ0n) is 16.7. The summed E-state index contributed by atoms with van der Waals surface area (Å²) in [6.07, 6.45) is 2.35. The summed E-state index contributed by atoms with van der Waals surface area (Å²) >= 11 is 0. The van der Waals surface area contributed by atoms with Crippen molar-refractivity contribution in [3.63, 3.8) is 0 Å². The van der Waals surface area contributed by atoms with E-state index < -0.39 is 5.82 Å². The molecule has 8 heteroatoms. The van der Waals surface area contributed by atoms with E-state index >= 15 is 0 Å². The van der Waals surface area contributed by atoms with Crippen LogP contribution in [0.2, 0.25) is 0 Å². The van der Waals surface area contributed by atoms with Gasteiger partial charge in [0.1, 0.15) is 5.75 Å². The lowest BCUT2D eigenvalue weighted by molar-refractivity contribution is -0.125. The standard InChI is InChI=1S/C22H22FN5O2.CH4/c1-4-20(29)28(2)14-15-7-5-8-16(11-15)25-21-19(23)13-24-22(27-21)26-17-9-6-10-18(12-17)30-3;/h4-13H,1,14H2,2-3H3,(H2,24,25,26,27);1H4. The number of carbonyl (C=O) groups is 1. The van der Waals surface area contributed by atoms with Crippen LogP contribution in [0, 0.1) is 5.82 Å². The number of anilines is 4. The molecule has 0 spiro atoms. The lowest BCUT2D eigenvalue weighted by Gasteiger charge is -2.16. The summed E-state index contributed by atoms with van der Waals surface area (Å²) in [4.78, 5) is 21.4. The Morgan fingerprint density at radius 2 is 1.90 bits per heavy atom. The van der Waals surface area contributed by atoms with Gasteiger partial charge in [0.15, 0.2) is 11.6 Å². The summed E-state index contributed by atoms with van der Waals surface area (Å²) in [7, 11) is 3.26. The molecule has 1 amide bonds. The van der Waals surface area contributed by atoms with Gasteiger partial charge in [-0.2, -0.15) is 4.98 Å². The molecule has 0 aliphatic heterocycles. The monoisotopic (exact) mass is 423 g/mol. The average Bonchev–Trinajstić information content (AvgIpc) is 2.76. The van der Waals surface area contributed by atoms with E-state index in [-0.39, 0.29) is 25.1 Å². The molecule has 7 nitrogen and oxygen atoms in total. The Bertz CT molecular complexity index is 1060. The molecule has 2 N–H and O–H groups in total. The maximum atomic E-state index is 14.3. The van der Waals surface area contributed by atoms with Gasteiger partial charge in [0, 0.05) is 31.0 Å². The van der Waals surface area contributed by atoms with E-state index in [0.29, 0.717) is 23.7 Å². The molecule has 2 aromatic carbocycles. The number of amides is 1. The molecule has 0 unspecified atom stereocenters. The maximum Gasteiger partial charge on any atom is 0.245 e. The first kappa shape index (κ1) is 23.3. The van der Waals surface area contributed by atoms with Crippen molar-refractivity contribution < 1.29 is 13.9 Å². The number of aromatic nitrogens is 2. The molecule has 0 saturated carbocycles. The molecule has 3 rings (SSSR count). The highest BCUT2D eigenvalue weighted by atomic mass is 19.1. The zero-order chi connectivity index (χ0) is 21.5. The first-order valence-corrected chi connectivity index (χ1v) is 9.15. The summed E-state index contributed by atoms with van der Waals surface area (Å²) in [5.41, 5.74) is 2.22. The van der Waals surface area contributed by atoms with Crippen molar-refractivity contribution in [2.24, 2.45) is 0 Å². The highest BCUT2D eigenvalue weighted by Gasteiger charge is 2.10. The molecule has 0 aliphatic carbocycles. The van der Waals surface area contributed by atoms with Crippen molar-refractivity contribution in [3.8, 4) is 5.75 Å². The van der Waals surface area contributed by atoms with Crippen LogP contribution in [0.15, 0.2) is 67.4 Å². The number of ether oxygens (including phenoxy) is 1. The van der Waals surface area contributed by atoms with Gasteiger partial charge in [0.25, 0.3) is 0 Å². The topological polar surface area (TPSA) is 79.4 Å². The minimum atomic E-state index is -0.587. The first-order chi connectivity index (χ1) is 14.5. The van der Waals surface area contributed by atoms with Gasteiger partial charge in [-0.25, -0.2) is 9.37 Å². The molecule has 1 heterocycles. The van der Waals surface area contributed by atoms with E-state index in [2.05, 4.69) is 27.2 Å². The van der Waals surface area contributed by atoms with Gasteiger partial charge >= 0.3 is 0 Å². The van der Waals surface area contributed by atoms with Gasteiger partial charge in [0.05, 0.1) is 13.3 Å². The van der Waals surface area contributed by atoms with Crippen molar-refractivity contribution in [1.29, 1.82) is 0 Å². The van der Waals surface area contributed by atoms with Gasteiger partial charge in [0.2, 0.25) is 11.9 Å². The lowest BCUT2D eigenvalue weighted by atomic mass is 10.2. The van der Waals surface area contributed by atoms with Crippen LogP contribution in [0.3, 0.4) is 0 Å². The van der Waals surface area contributed by atoms with E-state index in [9.17, 15) is 9.18 Å². The Morgan fingerprint density at radius 3 is 2.61 bits per heavy atom. The Hall–Kier alpha value is -3.94. The lowest BCUT2D eigenvalue weighted by Crippen LogP contribution is -2.23. The van der Waals surface area contributed by atoms with Crippen molar-refractivity contribution in [2.45, 2.75) is 14.0 Å². The van der Waals surface area contributed by atoms with Crippen LogP contribution in [0.1, 0.15) is 13.0 Å². The van der Waals surface area contributed by atoms with Crippen molar-refractivity contribution in [2.75, 3.05) is 24.8 Å². The number of likely N-dealkylation sites (N-methyl/N-ethyl adjacent to an activating group) is 1. The predicted octanol–water partition coefficient (Wildman–Crippen LogP) is 4.89.